The number of carbonyl (C=O) groups is 1. The first kappa shape index (κ1) is 23.2. The Kier molecular flexibility index (Phi) is 7.80. The van der Waals surface area contributed by atoms with Gasteiger partial charge in [-0.3, -0.25) is 9.36 Å². The Morgan fingerprint density at radius 2 is 1.75 bits per heavy atom. The third-order valence-electron chi connectivity index (χ3n) is 6.79. The second-order valence-electron chi connectivity index (χ2n) is 9.02. The van der Waals surface area contributed by atoms with Gasteiger partial charge in [-0.05, 0) is 58.3 Å². The van der Waals surface area contributed by atoms with Crippen LogP contribution in [0.4, 0.5) is 5.13 Å². The van der Waals surface area contributed by atoms with Gasteiger partial charge >= 0.3 is 0 Å². The third-order valence-corrected chi connectivity index (χ3v) is 7.76. The molecule has 0 aromatic carbocycles. The van der Waals surface area contributed by atoms with Gasteiger partial charge < -0.3 is 20.0 Å². The van der Waals surface area contributed by atoms with E-state index in [-0.39, 0.29) is 11.8 Å². The molecule has 0 bridgehead atoms. The van der Waals surface area contributed by atoms with Crippen LogP contribution in [0.5, 0.6) is 0 Å². The molecule has 0 spiro atoms. The number of nitrogens with one attached hydrogen (secondary N) is 1. The Labute approximate surface area is 195 Å². The Morgan fingerprint density at radius 1 is 1.06 bits per heavy atom. The van der Waals surface area contributed by atoms with Gasteiger partial charge in [0.15, 0.2) is 0 Å². The number of piperazine rings is 1. The summed E-state index contributed by atoms with van der Waals surface area (Å²) in [4.78, 5) is 20.0. The van der Waals surface area contributed by atoms with Crippen molar-refractivity contribution in [1.82, 2.24) is 29.9 Å². The second kappa shape index (κ2) is 10.8. The molecule has 0 unspecified atom stereocenters. The van der Waals surface area contributed by atoms with Gasteiger partial charge in [0.1, 0.15) is 0 Å². The van der Waals surface area contributed by atoms with Crippen LogP contribution in [0.25, 0.3) is 5.13 Å². The van der Waals surface area contributed by atoms with E-state index < -0.39 is 0 Å². The standard InChI is InChI=1S/C23H37N7OS/c1-4-27-13-15-28(16-14-27)11-6-10-24-21(31)20-7-5-12-29(17-20)22-25-26-23(32-22)30-18(2)8-9-19(30)3/h8-9,20H,4-7,10-17H2,1-3H3,(H,24,31)/t20-/m1/s1. The number of hydrogen-bond donors (Lipinski definition) is 1. The summed E-state index contributed by atoms with van der Waals surface area (Å²) < 4.78 is 2.14. The quantitative estimate of drug-likeness (QED) is 0.611. The van der Waals surface area contributed by atoms with Crippen molar-refractivity contribution in [2.75, 3.05) is 63.8 Å². The Hall–Kier alpha value is -1.97. The van der Waals surface area contributed by atoms with Gasteiger partial charge in [-0.25, -0.2) is 0 Å². The average molecular weight is 460 g/mol. The van der Waals surface area contributed by atoms with E-state index in [1.807, 2.05) is 0 Å². The third kappa shape index (κ3) is 5.50. The van der Waals surface area contributed by atoms with Crippen LogP contribution in [0.2, 0.25) is 0 Å². The summed E-state index contributed by atoms with van der Waals surface area (Å²) in [6, 6.07) is 4.20. The highest BCUT2D eigenvalue weighted by Crippen LogP contribution is 2.29. The minimum Gasteiger partial charge on any atom is -0.356 e. The highest BCUT2D eigenvalue weighted by atomic mass is 32.1. The number of aromatic nitrogens is 3. The first-order valence-electron chi connectivity index (χ1n) is 12.0. The molecule has 1 amide bonds. The monoisotopic (exact) mass is 459 g/mol. The number of piperidine rings is 1. The fraction of sp³-hybridized carbons (Fsp3) is 0.696. The SMILES string of the molecule is CCN1CCN(CCCNC(=O)[C@@H]2CCCN(c3nnc(-n4c(C)ccc4C)s3)C2)CC1. The Balaban J connectivity index is 1.23. The van der Waals surface area contributed by atoms with Gasteiger partial charge in [0.25, 0.3) is 0 Å². The minimum atomic E-state index is 0.0271. The van der Waals surface area contributed by atoms with Gasteiger partial charge in [0, 0.05) is 57.2 Å². The Bertz CT molecular complexity index is 867. The molecule has 32 heavy (non-hydrogen) atoms. The van der Waals surface area contributed by atoms with Crippen molar-refractivity contribution in [2.45, 2.75) is 40.0 Å². The predicted molar refractivity (Wildman–Crippen MR) is 130 cm³/mol. The maximum absolute atomic E-state index is 12.8. The first-order chi connectivity index (χ1) is 15.5. The highest BCUT2D eigenvalue weighted by Gasteiger charge is 2.28. The number of amides is 1. The van der Waals surface area contributed by atoms with Crippen molar-refractivity contribution in [3.63, 3.8) is 0 Å². The molecule has 0 aliphatic carbocycles. The van der Waals surface area contributed by atoms with E-state index in [1.165, 1.54) is 0 Å². The van der Waals surface area contributed by atoms with E-state index >= 15 is 0 Å². The van der Waals surface area contributed by atoms with Crippen molar-refractivity contribution in [2.24, 2.45) is 5.92 Å². The van der Waals surface area contributed by atoms with Crippen LogP contribution in [-0.4, -0.2) is 89.4 Å². The zero-order chi connectivity index (χ0) is 22.5. The molecule has 4 rings (SSSR count). The zero-order valence-corrected chi connectivity index (χ0v) is 20.5. The lowest BCUT2D eigenvalue weighted by Crippen LogP contribution is -2.47. The number of rotatable bonds is 8. The first-order valence-corrected chi connectivity index (χ1v) is 12.8. The van der Waals surface area contributed by atoms with E-state index in [4.69, 9.17) is 0 Å². The molecule has 0 saturated carbocycles. The molecule has 2 fully saturated rings. The molecule has 2 saturated heterocycles. The summed E-state index contributed by atoms with van der Waals surface area (Å²) in [7, 11) is 0. The number of nitrogens with zero attached hydrogens (tertiary/aromatic N) is 6. The van der Waals surface area contributed by atoms with Crippen LogP contribution in [-0.2, 0) is 4.79 Å². The molecule has 0 radical (unpaired) electrons. The molecular formula is C23H37N7OS. The maximum Gasteiger partial charge on any atom is 0.224 e. The highest BCUT2D eigenvalue weighted by molar-refractivity contribution is 7.17. The van der Waals surface area contributed by atoms with Gasteiger partial charge in [-0.1, -0.05) is 18.3 Å². The van der Waals surface area contributed by atoms with E-state index in [0.717, 1.165) is 99.8 Å². The van der Waals surface area contributed by atoms with Crippen LogP contribution in [0.1, 0.15) is 37.6 Å². The molecule has 2 aliphatic heterocycles. The molecule has 1 atom stereocenters. The van der Waals surface area contributed by atoms with Crippen LogP contribution in [0.3, 0.4) is 0 Å². The van der Waals surface area contributed by atoms with Crippen LogP contribution in [0.15, 0.2) is 12.1 Å². The molecule has 2 aliphatic rings. The summed E-state index contributed by atoms with van der Waals surface area (Å²) in [5.74, 6) is 0.214. The summed E-state index contributed by atoms with van der Waals surface area (Å²) in [6.45, 7) is 15.7. The van der Waals surface area contributed by atoms with Crippen LogP contribution < -0.4 is 10.2 Å². The van der Waals surface area contributed by atoms with E-state index in [2.05, 4.69) is 67.7 Å². The number of anilines is 1. The fourth-order valence-corrected chi connectivity index (χ4v) is 5.75. The topological polar surface area (TPSA) is 69.5 Å². The molecular weight excluding hydrogens is 422 g/mol. The number of carbonyl (C=O) groups excluding carboxylic acids is 1. The van der Waals surface area contributed by atoms with Crippen LogP contribution in [0, 0.1) is 19.8 Å². The molecule has 9 heteroatoms. The lowest BCUT2D eigenvalue weighted by atomic mass is 9.97. The van der Waals surface area contributed by atoms with E-state index in [0.29, 0.717) is 0 Å². The zero-order valence-electron chi connectivity index (χ0n) is 19.7. The molecule has 176 valence electrons. The predicted octanol–water partition coefficient (Wildman–Crippen LogP) is 2.31. The molecule has 2 aromatic heterocycles. The maximum atomic E-state index is 12.8. The number of likely N-dealkylation sites (N-methyl/N-ethyl adjacent to an activating group) is 1. The summed E-state index contributed by atoms with van der Waals surface area (Å²) in [5.41, 5.74) is 2.32. The second-order valence-corrected chi connectivity index (χ2v) is 9.96. The minimum absolute atomic E-state index is 0.0271. The lowest BCUT2D eigenvalue weighted by Gasteiger charge is -2.34. The van der Waals surface area contributed by atoms with E-state index in [1.54, 1.807) is 11.3 Å². The molecule has 2 aromatic rings. The normalized spacial score (nSPS) is 20.6. The Morgan fingerprint density at radius 3 is 2.47 bits per heavy atom. The molecule has 4 heterocycles. The van der Waals surface area contributed by atoms with E-state index in [9.17, 15) is 4.79 Å². The largest absolute Gasteiger partial charge is 0.356 e. The lowest BCUT2D eigenvalue weighted by molar-refractivity contribution is -0.125. The van der Waals surface area contributed by atoms with Crippen molar-refractivity contribution in [1.29, 1.82) is 0 Å². The fourth-order valence-electron chi connectivity index (χ4n) is 4.75. The van der Waals surface area contributed by atoms with Crippen LogP contribution >= 0.6 is 11.3 Å². The summed E-state index contributed by atoms with van der Waals surface area (Å²) in [6.07, 6.45) is 2.97. The van der Waals surface area contributed by atoms with Crippen molar-refractivity contribution < 1.29 is 4.79 Å². The number of hydrogen-bond acceptors (Lipinski definition) is 7. The van der Waals surface area contributed by atoms with Crippen molar-refractivity contribution >= 4 is 22.4 Å². The van der Waals surface area contributed by atoms with Gasteiger partial charge in [-0.2, -0.15) is 0 Å². The summed E-state index contributed by atoms with van der Waals surface area (Å²) in [5, 5.41) is 13.9. The van der Waals surface area contributed by atoms with Gasteiger partial charge in [0.05, 0.1) is 5.92 Å². The van der Waals surface area contributed by atoms with Crippen molar-refractivity contribution in [3.8, 4) is 5.13 Å². The molecule has 1 N–H and O–H groups in total. The molecule has 8 nitrogen and oxygen atoms in total. The van der Waals surface area contributed by atoms with Gasteiger partial charge in [0.2, 0.25) is 16.2 Å². The number of aryl methyl sites for hydroxylation is 2. The van der Waals surface area contributed by atoms with Crippen molar-refractivity contribution in [3.05, 3.63) is 23.5 Å². The average Bonchev–Trinajstić information content (AvgIpc) is 3.43. The van der Waals surface area contributed by atoms with Gasteiger partial charge in [-0.15, -0.1) is 10.2 Å². The summed E-state index contributed by atoms with van der Waals surface area (Å²) >= 11 is 1.60. The smallest absolute Gasteiger partial charge is 0.224 e.